The Morgan fingerprint density at radius 1 is 1.38 bits per heavy atom. The van der Waals surface area contributed by atoms with Gasteiger partial charge in [0.1, 0.15) is 4.88 Å². The number of aliphatic hydroxyl groups excluding tert-OH is 1. The largest absolute Gasteiger partial charge is 0.392 e. The van der Waals surface area contributed by atoms with Gasteiger partial charge in [-0.15, -0.1) is 11.3 Å². The number of aliphatic hydroxyl groups is 1. The molecule has 1 saturated heterocycles. The minimum Gasteiger partial charge on any atom is -0.392 e. The van der Waals surface area contributed by atoms with E-state index in [-0.39, 0.29) is 12.0 Å². The van der Waals surface area contributed by atoms with E-state index in [0.29, 0.717) is 11.4 Å². The van der Waals surface area contributed by atoms with Crippen LogP contribution in [0.5, 0.6) is 0 Å². The molecule has 0 saturated carbocycles. The van der Waals surface area contributed by atoms with E-state index in [0.717, 1.165) is 42.3 Å². The van der Waals surface area contributed by atoms with E-state index in [9.17, 15) is 9.90 Å². The molecule has 1 fully saturated rings. The molecule has 0 aliphatic carbocycles. The molecule has 1 atom stereocenters. The molecule has 0 radical (unpaired) electrons. The van der Waals surface area contributed by atoms with Gasteiger partial charge in [-0.2, -0.15) is 0 Å². The molecule has 1 aromatic heterocycles. The number of β-amino-alcohol motifs (C(OH)–C–C–N with tert-alkyl or cyclic N) is 1. The van der Waals surface area contributed by atoms with Gasteiger partial charge in [-0.1, -0.05) is 24.3 Å². The Morgan fingerprint density at radius 3 is 2.75 bits per heavy atom. The summed E-state index contributed by atoms with van der Waals surface area (Å²) in [6.07, 6.45) is 0.623. The molecule has 1 aromatic carbocycles. The quantitative estimate of drug-likeness (QED) is 0.872. The minimum absolute atomic E-state index is 0.0653. The lowest BCUT2D eigenvalue weighted by atomic mass is 10.1. The fourth-order valence-corrected chi connectivity index (χ4v) is 3.91. The Morgan fingerprint density at radius 2 is 2.12 bits per heavy atom. The number of aryl methyl sites for hydroxylation is 2. The topological polar surface area (TPSA) is 65.5 Å². The maximum Gasteiger partial charge on any atom is 0.263 e. The highest BCUT2D eigenvalue weighted by Crippen LogP contribution is 2.19. The summed E-state index contributed by atoms with van der Waals surface area (Å²) in [5.74, 6) is -0.0653. The number of nitrogens with one attached hydrogen (secondary N) is 1. The van der Waals surface area contributed by atoms with Gasteiger partial charge >= 0.3 is 0 Å². The number of hydrogen-bond acceptors (Lipinski definition) is 5. The number of carbonyl (C=O) groups is 1. The van der Waals surface area contributed by atoms with Gasteiger partial charge in [0.15, 0.2) is 0 Å². The van der Waals surface area contributed by atoms with Crippen molar-refractivity contribution in [2.24, 2.45) is 0 Å². The number of amides is 1. The predicted octanol–water partition coefficient (Wildman–Crippen LogP) is 2.26. The lowest BCUT2D eigenvalue weighted by Gasteiger charge is -2.18. The van der Waals surface area contributed by atoms with Crippen molar-refractivity contribution in [1.29, 1.82) is 0 Å². The van der Waals surface area contributed by atoms with Crippen LogP contribution in [-0.4, -0.2) is 40.1 Å². The minimum atomic E-state index is -0.214. The summed E-state index contributed by atoms with van der Waals surface area (Å²) in [5, 5.41) is 13.6. The van der Waals surface area contributed by atoms with Gasteiger partial charge in [-0.3, -0.25) is 9.69 Å². The highest BCUT2D eigenvalue weighted by atomic mass is 32.1. The Kier molecular flexibility index (Phi) is 5.28. The summed E-state index contributed by atoms with van der Waals surface area (Å²) in [4.78, 5) is 19.6. The zero-order valence-electron chi connectivity index (χ0n) is 14.1. The molecular weight excluding hydrogens is 322 g/mol. The van der Waals surface area contributed by atoms with Crippen LogP contribution < -0.4 is 5.32 Å². The van der Waals surface area contributed by atoms with Crippen LogP contribution >= 0.6 is 11.3 Å². The van der Waals surface area contributed by atoms with E-state index < -0.39 is 0 Å². The third-order valence-corrected chi connectivity index (χ3v) is 5.38. The first-order valence-electron chi connectivity index (χ1n) is 8.22. The van der Waals surface area contributed by atoms with Crippen LogP contribution in [0.4, 0.5) is 0 Å². The van der Waals surface area contributed by atoms with E-state index in [2.05, 4.69) is 21.3 Å². The van der Waals surface area contributed by atoms with Crippen LogP contribution in [0.25, 0.3) is 0 Å². The maximum atomic E-state index is 12.4. The lowest BCUT2D eigenvalue weighted by molar-refractivity contribution is 0.0954. The second-order valence-electron chi connectivity index (χ2n) is 6.28. The number of nitrogens with zero attached hydrogens (tertiary/aromatic N) is 2. The van der Waals surface area contributed by atoms with Crippen LogP contribution in [0.3, 0.4) is 0 Å². The van der Waals surface area contributed by atoms with Crippen molar-refractivity contribution in [2.45, 2.75) is 39.5 Å². The summed E-state index contributed by atoms with van der Waals surface area (Å²) in [7, 11) is 0. The van der Waals surface area contributed by atoms with Gasteiger partial charge in [0.2, 0.25) is 0 Å². The summed E-state index contributed by atoms with van der Waals surface area (Å²) in [6, 6.07) is 8.15. The van der Waals surface area contributed by atoms with Gasteiger partial charge in [-0.25, -0.2) is 4.98 Å². The molecule has 6 heteroatoms. The molecule has 2 aromatic rings. The molecule has 0 unspecified atom stereocenters. The van der Waals surface area contributed by atoms with Gasteiger partial charge < -0.3 is 10.4 Å². The van der Waals surface area contributed by atoms with Crippen LogP contribution in [0, 0.1) is 13.8 Å². The smallest absolute Gasteiger partial charge is 0.263 e. The van der Waals surface area contributed by atoms with Crippen molar-refractivity contribution >= 4 is 17.2 Å². The monoisotopic (exact) mass is 345 g/mol. The number of rotatable bonds is 5. The molecule has 1 aliphatic heterocycles. The second kappa shape index (κ2) is 7.42. The molecule has 24 heavy (non-hydrogen) atoms. The van der Waals surface area contributed by atoms with E-state index in [4.69, 9.17) is 0 Å². The Bertz CT molecular complexity index is 729. The Hall–Kier alpha value is -1.76. The molecule has 3 rings (SSSR count). The number of thiazole rings is 1. The second-order valence-corrected chi connectivity index (χ2v) is 7.48. The lowest BCUT2D eigenvalue weighted by Crippen LogP contribution is -2.25. The zero-order valence-corrected chi connectivity index (χ0v) is 14.9. The highest BCUT2D eigenvalue weighted by molar-refractivity contribution is 7.13. The normalized spacial score (nSPS) is 18.0. The SMILES string of the molecule is Cc1nc(C)c(C(=O)NCc2ccccc2CN2CC[C@@H](O)C2)s1. The molecule has 2 N–H and O–H groups in total. The summed E-state index contributed by atoms with van der Waals surface area (Å²) < 4.78 is 0. The first-order chi connectivity index (χ1) is 11.5. The molecule has 2 heterocycles. The molecule has 5 nitrogen and oxygen atoms in total. The number of benzene rings is 1. The standard InChI is InChI=1S/C18H23N3O2S/c1-12-17(24-13(2)20-12)18(23)19-9-14-5-3-4-6-15(14)10-21-8-7-16(22)11-21/h3-6,16,22H,7-11H2,1-2H3,(H,19,23)/t16-/m1/s1. The predicted molar refractivity (Wildman–Crippen MR) is 95.1 cm³/mol. The van der Waals surface area contributed by atoms with Crippen LogP contribution in [-0.2, 0) is 13.1 Å². The Labute approximate surface area is 146 Å². The fraction of sp³-hybridized carbons (Fsp3) is 0.444. The molecule has 128 valence electrons. The van der Waals surface area contributed by atoms with E-state index in [1.54, 1.807) is 0 Å². The first-order valence-corrected chi connectivity index (χ1v) is 9.04. The van der Waals surface area contributed by atoms with Gasteiger partial charge in [0.05, 0.1) is 16.8 Å². The van der Waals surface area contributed by atoms with E-state index in [1.165, 1.54) is 16.9 Å². The number of carbonyl (C=O) groups excluding carboxylic acids is 1. The van der Waals surface area contributed by atoms with Crippen LogP contribution in [0.2, 0.25) is 0 Å². The van der Waals surface area contributed by atoms with Crippen molar-refractivity contribution in [3.05, 3.63) is 51.0 Å². The van der Waals surface area contributed by atoms with Gasteiger partial charge in [0, 0.05) is 26.2 Å². The third kappa shape index (κ3) is 4.01. The van der Waals surface area contributed by atoms with Crippen molar-refractivity contribution in [2.75, 3.05) is 13.1 Å². The number of hydrogen-bond donors (Lipinski definition) is 2. The Balaban J connectivity index is 1.65. The molecule has 0 spiro atoms. The van der Waals surface area contributed by atoms with Crippen molar-refractivity contribution in [1.82, 2.24) is 15.2 Å². The summed E-state index contributed by atoms with van der Waals surface area (Å²) >= 11 is 1.43. The summed E-state index contributed by atoms with van der Waals surface area (Å²) in [5.41, 5.74) is 3.10. The zero-order chi connectivity index (χ0) is 17.1. The molecule has 1 amide bonds. The number of likely N-dealkylation sites (tertiary alicyclic amines) is 1. The molecule has 1 aliphatic rings. The average molecular weight is 345 g/mol. The van der Waals surface area contributed by atoms with E-state index >= 15 is 0 Å². The highest BCUT2D eigenvalue weighted by Gasteiger charge is 2.21. The average Bonchev–Trinajstić information content (AvgIpc) is 3.11. The van der Waals surface area contributed by atoms with Crippen molar-refractivity contribution in [3.8, 4) is 0 Å². The maximum absolute atomic E-state index is 12.4. The van der Waals surface area contributed by atoms with Crippen molar-refractivity contribution in [3.63, 3.8) is 0 Å². The van der Waals surface area contributed by atoms with Gasteiger partial charge in [0.25, 0.3) is 5.91 Å². The van der Waals surface area contributed by atoms with E-state index in [1.807, 2.05) is 32.0 Å². The van der Waals surface area contributed by atoms with Crippen LogP contribution in [0.15, 0.2) is 24.3 Å². The molecular formula is C18H23N3O2S. The summed E-state index contributed by atoms with van der Waals surface area (Å²) in [6.45, 7) is 6.73. The van der Waals surface area contributed by atoms with Gasteiger partial charge in [-0.05, 0) is 31.4 Å². The molecule has 0 bridgehead atoms. The fourth-order valence-electron chi connectivity index (χ4n) is 3.08. The number of aromatic nitrogens is 1. The third-order valence-electron chi connectivity index (χ3n) is 4.31. The van der Waals surface area contributed by atoms with Crippen molar-refractivity contribution < 1.29 is 9.90 Å². The van der Waals surface area contributed by atoms with Crippen LogP contribution in [0.1, 0.15) is 37.9 Å². The first kappa shape index (κ1) is 17.1.